The minimum atomic E-state index is -1.00. The van der Waals surface area contributed by atoms with Gasteiger partial charge in [0.2, 0.25) is 22.5 Å². The average molecular weight is 1750 g/mol. The summed E-state index contributed by atoms with van der Waals surface area (Å²) in [5.74, 6) is -2.07. The molecule has 10 aromatic rings. The Morgan fingerprint density at radius 1 is 0.558 bits per heavy atom. The molecule has 0 aliphatic carbocycles. The Balaban J connectivity index is -0.00000115. The topological polar surface area (TPSA) is 299 Å². The number of allylic oxidation sites excluding steroid dienone is 1. The van der Waals surface area contributed by atoms with Crippen molar-refractivity contribution < 1.29 is 68.9 Å². The molecule has 4 heterocycles. The molecule has 0 unspecified atom stereocenters. The fourth-order valence-electron chi connectivity index (χ4n) is 7.17. The van der Waals surface area contributed by atoms with E-state index >= 15 is 0 Å². The molecule has 10 rings (SSSR count). The van der Waals surface area contributed by atoms with Crippen LogP contribution in [0.15, 0.2) is 237 Å². The van der Waals surface area contributed by atoms with Crippen molar-refractivity contribution >= 4 is 167 Å². The van der Waals surface area contributed by atoms with Crippen molar-refractivity contribution in [1.82, 2.24) is 46.0 Å². The summed E-state index contributed by atoms with van der Waals surface area (Å²) < 4.78 is 84.0. The number of ketones is 1. The maximum absolute atomic E-state index is 13.0. The molecule has 1 radical (unpaired) electrons. The normalized spacial score (nSPS) is 9.39. The smallest absolute Gasteiger partial charge is 0.0134 e. The molecule has 0 bridgehead atoms. The first-order chi connectivity index (χ1) is 49.5. The number of nitrogens with two attached hydrogens (primary N) is 2. The molecule has 0 amide bonds. The molecule has 10 N–H and O–H groups in total. The minimum absolute atomic E-state index is 0. The summed E-state index contributed by atoms with van der Waals surface area (Å²) >= 11 is 21.9. The Morgan fingerprint density at radius 3 is 1.04 bits per heavy atom. The summed E-state index contributed by atoms with van der Waals surface area (Å²) in [4.78, 5) is 38.7. The SMILES string of the molecule is C=C(C)OCC.C=C(OCC)c1nc(Cl)ncc1F.C=C(OCC)c1nc(N)ncc1F.CCO.Fc1cnc(Cl)nc1Cl.N.Nc1ncc(F)c(C(=O)CBr)n1.O.[2H]CF.[B]=NS.[Cl][Pd][Cl].c1ccc(P(c2ccccc2)c2ccccc2)cc1.c1ccc(P(c2ccccc2)c2ccccc2)cc1. The number of anilines is 2. The molecule has 6 aromatic carbocycles. The number of aliphatic hydroxyl groups excluding tert-OH is 1. The van der Waals surface area contributed by atoms with Crippen LogP contribution < -0.4 is 49.4 Å². The zero-order valence-corrected chi connectivity index (χ0v) is 66.5. The molecule has 0 aliphatic rings. The van der Waals surface area contributed by atoms with Gasteiger partial charge >= 0.3 is 59.8 Å². The largest absolute Gasteiger partial charge is 0.0622 e. The predicted octanol–water partition coefficient (Wildman–Crippen LogP) is 16.1. The summed E-state index contributed by atoms with van der Waals surface area (Å²) in [6.07, 6.45) is 3.76. The first kappa shape index (κ1) is 98.8. The first-order valence-electron chi connectivity index (χ1n) is 30.0. The molecule has 0 saturated heterocycles. The second kappa shape index (κ2) is 63.0. The number of nitrogen functional groups attached to an aromatic ring is 2. The number of alkyl halides is 2. The van der Waals surface area contributed by atoms with E-state index in [0.717, 1.165) is 37.2 Å². The van der Waals surface area contributed by atoms with Crippen molar-refractivity contribution in [1.29, 1.82) is 0 Å². The van der Waals surface area contributed by atoms with Crippen molar-refractivity contribution in [3.05, 3.63) is 288 Å². The minimum Gasteiger partial charge on any atom is -0.0622 e. The van der Waals surface area contributed by atoms with Crippen LogP contribution in [0.4, 0.5) is 33.8 Å². The summed E-state index contributed by atoms with van der Waals surface area (Å²) in [6, 6.07) is 64.7. The number of Topliss-reactive ketones (excluding diaryl/α,β-unsaturated/α-hetero) is 1. The van der Waals surface area contributed by atoms with E-state index in [-0.39, 0.29) is 95.7 Å². The number of carbonyl (C=O) groups excluding carboxylic acids is 1. The standard InChI is InChI=1S/2C18H15P.C8H8ClFN2O.C8H10FN3O.C6H5BrFN3O.C5H10O.C4HCl2FN2.C2H6O.CH3F.BHNS.2ClH.H3N.H2O.Pd/c2*1-4-10-16(11-5-1)19(17-12-6-2-7-13-17)18-14-8-3-9-15-18;1-3-13-5(2)7-6(10)4-11-8(9)12-7;1-3-13-5(2)7-6(9)4-11-8(10)12-7;7-1-4(12)5-3(8)2-10-6(9)11-5;1-4-6-5(2)3;5-3-2(7)1-8-4(6)9-3;1-2-3;1-2;1-2-3;;;;;/h2*1-15H;4H,2-3H2,1H3;4H,2-3H2,1H3,(H2,10,11,12);2H,1H2,(H2,9,10,11);2,4H2,1,3H3;1H;3H,2H2,1H3;1H3;3H;2*1H;1H3;1H2;/q;;;;;;;;;;;;;;+2/p-2/i;;;;;;;;1D;;;;;;. The van der Waals surface area contributed by atoms with Crippen LogP contribution in [0.2, 0.25) is 15.7 Å². The Morgan fingerprint density at radius 2 is 0.798 bits per heavy atom. The van der Waals surface area contributed by atoms with Gasteiger partial charge in [-0.1, -0.05) is 229 Å². The number of hydrogen-bond acceptors (Lipinski definition) is 18. The Kier molecular flexibility index (Phi) is 59.9. The number of nitrogens with zero attached hydrogens (tertiary/aromatic N) is 9. The Bertz CT molecular complexity index is 3620. The number of aromatic nitrogens is 8. The zero-order valence-electron chi connectivity index (χ0n) is 57.9. The summed E-state index contributed by atoms with van der Waals surface area (Å²) in [6.45, 7) is 21.3. The van der Waals surface area contributed by atoms with E-state index in [9.17, 15) is 26.7 Å². The summed E-state index contributed by atoms with van der Waals surface area (Å²) in [5, 5.41) is 15.6. The van der Waals surface area contributed by atoms with E-state index in [4.69, 9.17) is 86.0 Å². The van der Waals surface area contributed by atoms with E-state index < -0.39 is 52.0 Å². The van der Waals surface area contributed by atoms with Gasteiger partial charge in [-0.3, -0.25) is 9.18 Å². The average Bonchev–Trinajstić information content (AvgIpc) is 0.813. The quantitative estimate of drug-likeness (QED) is 0.00691. The molecular weight excluding hydrogens is 1670 g/mol. The third kappa shape index (κ3) is 42.6. The molecule has 0 fully saturated rings. The van der Waals surface area contributed by atoms with E-state index in [0.29, 0.717) is 13.2 Å². The molecular formula is C70H79BBrCl5F5N12O6P2PdS. The molecule has 561 valence electrons. The number of thiol groups is 1. The van der Waals surface area contributed by atoms with Crippen molar-refractivity contribution in [2.45, 2.75) is 34.6 Å². The maximum Gasteiger partial charge on any atom is -0.0134 e. The molecule has 0 atom stereocenters. The van der Waals surface area contributed by atoms with Crippen molar-refractivity contribution in [3.63, 3.8) is 0 Å². The van der Waals surface area contributed by atoms with Gasteiger partial charge in [-0.25, -0.2) is 57.4 Å². The van der Waals surface area contributed by atoms with Gasteiger partial charge in [0.15, 0.2) is 34.2 Å². The first-order valence-corrected chi connectivity index (χ1v) is 38.6. The summed E-state index contributed by atoms with van der Waals surface area (Å²) in [7, 11) is 12.1. The van der Waals surface area contributed by atoms with Gasteiger partial charge in [-0.05, 0) is 105 Å². The number of carbonyl (C=O) groups is 1. The van der Waals surface area contributed by atoms with Crippen molar-refractivity contribution in [2.75, 3.05) is 50.4 Å². The number of halogens is 11. The van der Waals surface area contributed by atoms with Crippen molar-refractivity contribution in [2.24, 2.45) is 4.30 Å². The predicted molar refractivity (Wildman–Crippen MR) is 425 cm³/mol. The van der Waals surface area contributed by atoms with Crippen LogP contribution in [-0.4, -0.2) is 103 Å². The number of hydrogen-bond donors (Lipinski definition) is 5. The molecule has 0 aliphatic heterocycles. The monoisotopic (exact) mass is 1740 g/mol. The van der Waals surface area contributed by atoms with Gasteiger partial charge in [-0.15, -0.1) is 0 Å². The van der Waals surface area contributed by atoms with Gasteiger partial charge in [0.05, 0.1) is 64.2 Å². The Labute approximate surface area is 654 Å². The van der Waals surface area contributed by atoms with Crippen LogP contribution in [0.3, 0.4) is 0 Å². The van der Waals surface area contributed by atoms with E-state index in [1.165, 1.54) is 31.8 Å². The summed E-state index contributed by atoms with van der Waals surface area (Å²) in [5.41, 5.74) is 10.2. The number of aliphatic hydroxyl groups is 1. The Hall–Kier alpha value is -7.27. The second-order valence-corrected chi connectivity index (χ2v) is 26.7. The van der Waals surface area contributed by atoms with E-state index in [2.05, 4.69) is 282 Å². The fraction of sp³-hybridized carbons (Fsp3) is 0.157. The van der Waals surface area contributed by atoms with Crippen LogP contribution >= 0.6 is 98.4 Å². The number of rotatable bonds is 16. The van der Waals surface area contributed by atoms with Crippen LogP contribution in [-0.2, 0) is 30.2 Å². The van der Waals surface area contributed by atoms with Gasteiger partial charge in [0.1, 0.15) is 28.6 Å². The fourth-order valence-corrected chi connectivity index (χ4v) is 12.5. The van der Waals surface area contributed by atoms with E-state index in [1.807, 2.05) is 13.8 Å². The van der Waals surface area contributed by atoms with Gasteiger partial charge in [0.25, 0.3) is 0 Å². The zero-order chi connectivity index (χ0) is 77.3. The van der Waals surface area contributed by atoms with Crippen LogP contribution in [0.25, 0.3) is 11.5 Å². The number of ether oxygens (including phenoxy) is 3. The molecule has 4 aromatic heterocycles. The van der Waals surface area contributed by atoms with Gasteiger partial charge in [0, 0.05) is 6.61 Å². The molecule has 104 heavy (non-hydrogen) atoms. The van der Waals surface area contributed by atoms with Gasteiger partial charge < -0.3 is 42.4 Å². The van der Waals surface area contributed by atoms with Crippen LogP contribution in [0.5, 0.6) is 0 Å². The van der Waals surface area contributed by atoms with E-state index in [1.54, 1.807) is 20.8 Å². The number of benzene rings is 6. The molecule has 34 heteroatoms. The van der Waals surface area contributed by atoms with Crippen molar-refractivity contribution in [3.8, 4) is 0 Å². The second-order valence-electron chi connectivity index (χ2n) is 18.0. The third-order valence-corrected chi connectivity index (χ3v) is 17.0. The van der Waals surface area contributed by atoms with Gasteiger partial charge in [-0.2, -0.15) is 0 Å². The van der Waals surface area contributed by atoms with Crippen LogP contribution in [0.1, 0.15) is 57.9 Å². The van der Waals surface area contributed by atoms with Crippen LogP contribution in [0, 0.1) is 23.3 Å². The third-order valence-electron chi connectivity index (χ3n) is 10.9. The molecule has 18 nitrogen and oxygen atoms in total. The molecule has 0 spiro atoms. The maximum atomic E-state index is 13.0. The molecule has 0 saturated carbocycles.